The molecule has 22 atom stereocenters. The van der Waals surface area contributed by atoms with E-state index >= 15 is 0 Å². The Morgan fingerprint density at radius 3 is 2.27 bits per heavy atom. The molecule has 0 radical (unpaired) electrons. The Balaban J connectivity index is 0.967. The van der Waals surface area contributed by atoms with E-state index in [4.69, 9.17) is 28.4 Å². The molecular weight excluding hydrogens is 680 g/mol. The van der Waals surface area contributed by atoms with E-state index in [0.29, 0.717) is 36.0 Å². The number of fused-ring (bicyclic) bond motifs is 7. The number of ether oxygens (including phenoxy) is 6. The van der Waals surface area contributed by atoms with Gasteiger partial charge in [0.1, 0.15) is 42.7 Å². The van der Waals surface area contributed by atoms with Gasteiger partial charge in [-0.25, -0.2) is 0 Å². The number of rotatable bonds is 5. The van der Waals surface area contributed by atoms with E-state index in [1.807, 2.05) is 0 Å². The van der Waals surface area contributed by atoms with Crippen molar-refractivity contribution >= 4 is 0 Å². The van der Waals surface area contributed by atoms with E-state index in [-0.39, 0.29) is 36.9 Å². The fourth-order valence-corrected chi connectivity index (χ4v) is 13.0. The number of hydrogen-bond acceptors (Lipinski definition) is 14. The van der Waals surface area contributed by atoms with Crippen LogP contribution in [0.5, 0.6) is 0 Å². The van der Waals surface area contributed by atoms with E-state index in [0.717, 1.165) is 45.1 Å². The normalized spacial score (nSPS) is 60.5. The summed E-state index contributed by atoms with van der Waals surface area (Å²) in [4.78, 5) is 0. The molecule has 4 heterocycles. The maximum Gasteiger partial charge on any atom is 0.187 e. The number of aliphatic hydroxyl groups is 8. The van der Waals surface area contributed by atoms with Crippen molar-refractivity contribution in [3.05, 3.63) is 0 Å². The highest BCUT2D eigenvalue weighted by atomic mass is 16.8. The van der Waals surface area contributed by atoms with Crippen molar-refractivity contribution in [2.24, 2.45) is 46.3 Å². The molecule has 8 N–H and O–H groups in total. The predicted molar refractivity (Wildman–Crippen MR) is 180 cm³/mol. The van der Waals surface area contributed by atoms with Crippen molar-refractivity contribution in [3.8, 4) is 0 Å². The summed E-state index contributed by atoms with van der Waals surface area (Å²) in [7, 11) is 0. The first-order chi connectivity index (χ1) is 24.6. The molecule has 0 aromatic carbocycles. The predicted octanol–water partition coefficient (Wildman–Crippen LogP) is 0.167. The molecule has 52 heavy (non-hydrogen) atoms. The van der Waals surface area contributed by atoms with Gasteiger partial charge in [0.25, 0.3) is 0 Å². The number of hydrogen-bond donors (Lipinski definition) is 8. The van der Waals surface area contributed by atoms with Crippen molar-refractivity contribution in [1.82, 2.24) is 0 Å². The summed E-state index contributed by atoms with van der Waals surface area (Å²) in [5.74, 6) is 1.67. The summed E-state index contributed by atoms with van der Waals surface area (Å²) >= 11 is 0. The van der Waals surface area contributed by atoms with Gasteiger partial charge in [-0.2, -0.15) is 0 Å². The molecule has 14 heteroatoms. The summed E-state index contributed by atoms with van der Waals surface area (Å²) in [6.07, 6.45) is -8.20. The summed E-state index contributed by atoms with van der Waals surface area (Å²) in [5.41, 5.74) is -1.92. The largest absolute Gasteiger partial charge is 0.394 e. The molecule has 1 spiro atoms. The van der Waals surface area contributed by atoms with Crippen LogP contribution in [0.3, 0.4) is 0 Å². The summed E-state index contributed by atoms with van der Waals surface area (Å²) < 4.78 is 36.9. The number of aliphatic hydroxyl groups excluding tert-OH is 7. The van der Waals surface area contributed by atoms with Crippen LogP contribution in [0.25, 0.3) is 0 Å². The Labute approximate surface area is 305 Å². The highest BCUT2D eigenvalue weighted by Crippen LogP contribution is 2.72. The van der Waals surface area contributed by atoms with Crippen LogP contribution in [-0.2, 0) is 28.4 Å². The van der Waals surface area contributed by atoms with Gasteiger partial charge in [0.05, 0.1) is 43.7 Å². The van der Waals surface area contributed by atoms with Gasteiger partial charge < -0.3 is 69.3 Å². The highest BCUT2D eigenvalue weighted by Gasteiger charge is 2.72. The third kappa shape index (κ3) is 5.64. The standard InChI is InChI=1S/C38H62O14/c1-17-5-10-38(48-15-17)18(2)27-24(52-38)12-22-20-6-9-37(46)13-19(11-26(41)36(37,4)21(20)7-8-35(22,27)3)49-34-32(28(42)23(40)16-47-34)51-33-31(45)30(44)29(43)25(14-39)50-33/h17-34,39-46H,5-16H2,1-4H3/t17-,18-,19-,20+,21-,22+,23-,24-,25+,26+,27-,28-,29+,30-,31+,32+,33-,34-,35+,36-,37-,38+/m0/s1. The first-order valence-corrected chi connectivity index (χ1v) is 19.9. The molecule has 0 aromatic rings. The lowest BCUT2D eigenvalue weighted by Crippen LogP contribution is -2.68. The lowest BCUT2D eigenvalue weighted by molar-refractivity contribution is -0.366. The van der Waals surface area contributed by atoms with Gasteiger partial charge in [0, 0.05) is 30.6 Å². The van der Waals surface area contributed by atoms with Crippen LogP contribution in [0, 0.1) is 46.3 Å². The van der Waals surface area contributed by atoms with Crippen LogP contribution in [0.15, 0.2) is 0 Å². The van der Waals surface area contributed by atoms with Crippen LogP contribution in [-0.4, -0.2) is 146 Å². The second kappa shape index (κ2) is 13.5. The zero-order chi connectivity index (χ0) is 37.1. The van der Waals surface area contributed by atoms with Gasteiger partial charge in [0.2, 0.25) is 0 Å². The topological polar surface area (TPSA) is 217 Å². The molecule has 4 saturated carbocycles. The summed E-state index contributed by atoms with van der Waals surface area (Å²) in [5, 5.41) is 86.7. The van der Waals surface area contributed by atoms with Crippen molar-refractivity contribution in [2.75, 3.05) is 19.8 Å². The zero-order valence-corrected chi connectivity index (χ0v) is 30.9. The molecule has 4 saturated heterocycles. The minimum Gasteiger partial charge on any atom is -0.394 e. The fraction of sp³-hybridized carbons (Fsp3) is 1.00. The lowest BCUT2D eigenvalue weighted by Gasteiger charge is -2.65. The van der Waals surface area contributed by atoms with E-state index < -0.39 is 90.9 Å². The van der Waals surface area contributed by atoms with Crippen LogP contribution in [0.4, 0.5) is 0 Å². The second-order valence-electron chi connectivity index (χ2n) is 18.5. The Morgan fingerprint density at radius 2 is 1.56 bits per heavy atom. The van der Waals surface area contributed by atoms with Gasteiger partial charge in [-0.3, -0.25) is 0 Å². The molecular formula is C38H62O14. The molecule has 4 aliphatic carbocycles. The van der Waals surface area contributed by atoms with Crippen molar-refractivity contribution in [3.63, 3.8) is 0 Å². The third-order valence-corrected chi connectivity index (χ3v) is 16.0. The Morgan fingerprint density at radius 1 is 0.788 bits per heavy atom. The molecule has 8 rings (SSSR count). The second-order valence-corrected chi connectivity index (χ2v) is 18.5. The fourth-order valence-electron chi connectivity index (χ4n) is 13.0. The minimum atomic E-state index is -1.74. The molecule has 0 aromatic heterocycles. The van der Waals surface area contributed by atoms with Crippen LogP contribution >= 0.6 is 0 Å². The maximum atomic E-state index is 12.6. The van der Waals surface area contributed by atoms with Gasteiger partial charge in [-0.05, 0) is 73.5 Å². The van der Waals surface area contributed by atoms with Crippen LogP contribution < -0.4 is 0 Å². The smallest absolute Gasteiger partial charge is 0.187 e. The molecule has 14 nitrogen and oxygen atoms in total. The van der Waals surface area contributed by atoms with Crippen molar-refractivity contribution < 1.29 is 69.3 Å². The lowest BCUT2D eigenvalue weighted by atomic mass is 9.42. The molecule has 4 aliphatic heterocycles. The zero-order valence-electron chi connectivity index (χ0n) is 30.9. The van der Waals surface area contributed by atoms with Gasteiger partial charge in [0.15, 0.2) is 18.4 Å². The van der Waals surface area contributed by atoms with Gasteiger partial charge in [-0.15, -0.1) is 0 Å². The minimum absolute atomic E-state index is 0.0952. The quantitative estimate of drug-likeness (QED) is 0.176. The first kappa shape index (κ1) is 38.3. The van der Waals surface area contributed by atoms with Gasteiger partial charge in [-0.1, -0.05) is 27.7 Å². The Bertz CT molecular complexity index is 1300. The molecule has 0 unspecified atom stereocenters. The van der Waals surface area contributed by atoms with Gasteiger partial charge >= 0.3 is 0 Å². The average molecular weight is 743 g/mol. The first-order valence-electron chi connectivity index (χ1n) is 19.9. The SMILES string of the molecule is C[C@H]1CC[C@@]2(OC1)O[C@H]1C[C@@H]3[C@@H]4CC[C@]5(O)C[C@@H](O[C@@H]6OC[C@H](O)[C@H](O)[C@H]6O[C@@H]6O[C@H](CO)[C@@H](O)[C@H](O)[C@H]6O)C[C@@H](O)[C@]5(C)[C@H]4CC[C@@]3(C)[C@H]1[C@@H]2C. The third-order valence-electron chi connectivity index (χ3n) is 16.0. The Kier molecular flexibility index (Phi) is 9.97. The monoisotopic (exact) mass is 742 g/mol. The summed E-state index contributed by atoms with van der Waals surface area (Å²) in [6.45, 7) is 8.89. The molecule has 8 fully saturated rings. The van der Waals surface area contributed by atoms with E-state index in [1.54, 1.807) is 0 Å². The van der Waals surface area contributed by atoms with E-state index in [2.05, 4.69) is 27.7 Å². The molecule has 0 amide bonds. The highest BCUT2D eigenvalue weighted by molar-refractivity contribution is 5.19. The Hall–Kier alpha value is -0.560. The maximum absolute atomic E-state index is 12.6. The molecule has 8 aliphatic rings. The van der Waals surface area contributed by atoms with Crippen LogP contribution in [0.1, 0.15) is 85.5 Å². The summed E-state index contributed by atoms with van der Waals surface area (Å²) in [6, 6.07) is 0. The van der Waals surface area contributed by atoms with E-state index in [1.165, 1.54) is 0 Å². The molecule has 298 valence electrons. The average Bonchev–Trinajstić information content (AvgIpc) is 3.56. The van der Waals surface area contributed by atoms with Crippen LogP contribution in [0.2, 0.25) is 0 Å². The molecule has 0 bridgehead atoms. The van der Waals surface area contributed by atoms with Crippen molar-refractivity contribution in [2.45, 2.75) is 170 Å². The van der Waals surface area contributed by atoms with E-state index in [9.17, 15) is 40.9 Å². The van der Waals surface area contributed by atoms with Crippen molar-refractivity contribution in [1.29, 1.82) is 0 Å².